The lowest BCUT2D eigenvalue weighted by Crippen LogP contribution is -2.34. The summed E-state index contributed by atoms with van der Waals surface area (Å²) in [4.78, 5) is 17.8. The average Bonchev–Trinajstić information content (AvgIpc) is 3.21. The highest BCUT2D eigenvalue weighted by Gasteiger charge is 2.35. The Morgan fingerprint density at radius 3 is 2.77 bits per heavy atom. The summed E-state index contributed by atoms with van der Waals surface area (Å²) in [6.45, 7) is 0.487. The van der Waals surface area contributed by atoms with Crippen LogP contribution in [0.2, 0.25) is 0 Å². The van der Waals surface area contributed by atoms with E-state index in [-0.39, 0.29) is 18.2 Å². The quantitative estimate of drug-likeness (QED) is 0.551. The minimum atomic E-state index is -0.886. The number of anilines is 1. The zero-order valence-corrected chi connectivity index (χ0v) is 14.9. The highest BCUT2D eigenvalue weighted by molar-refractivity contribution is 7.15. The van der Waals surface area contributed by atoms with Crippen molar-refractivity contribution in [2.45, 2.75) is 12.6 Å². The van der Waals surface area contributed by atoms with E-state index in [9.17, 15) is 15.2 Å². The number of hydrogen-bond donors (Lipinski definition) is 1. The van der Waals surface area contributed by atoms with E-state index in [2.05, 4.69) is 4.98 Å². The van der Waals surface area contributed by atoms with Gasteiger partial charge in [-0.3, -0.25) is 0 Å². The molecule has 3 heterocycles. The smallest absolute Gasteiger partial charge is 0.373 e. The van der Waals surface area contributed by atoms with Gasteiger partial charge < -0.3 is 29.6 Å². The Kier molecular flexibility index (Phi) is 3.93. The Bertz CT molecular complexity index is 998. The predicted octanol–water partition coefficient (Wildman–Crippen LogP) is 2.37. The van der Waals surface area contributed by atoms with E-state index in [0.717, 1.165) is 5.56 Å². The first kappa shape index (κ1) is 16.6. The summed E-state index contributed by atoms with van der Waals surface area (Å²) in [6, 6.07) is 3.50. The van der Waals surface area contributed by atoms with Gasteiger partial charge in [0.1, 0.15) is 23.8 Å². The van der Waals surface area contributed by atoms with E-state index in [1.807, 2.05) is 0 Å². The second kappa shape index (κ2) is 6.15. The van der Waals surface area contributed by atoms with Crippen LogP contribution in [-0.2, 0) is 6.54 Å². The fraction of sp³-hybridized carbons (Fsp3) is 0.312. The van der Waals surface area contributed by atoms with E-state index in [0.29, 0.717) is 28.6 Å². The third-order valence-corrected chi connectivity index (χ3v) is 5.24. The predicted molar refractivity (Wildman–Crippen MR) is 95.3 cm³/mol. The van der Waals surface area contributed by atoms with Crippen LogP contribution in [0, 0.1) is 10.1 Å². The molecule has 26 heavy (non-hydrogen) atoms. The Hall–Kier alpha value is -2.85. The SMILES string of the molecule is COc1ccc(OC)c2c1CN(c1nc3sccn3c1[N+](=O)[O-])C[C@H]2O. The standard InChI is InChI=1S/C16H16N4O5S/c1-24-11-3-4-12(25-2)13-9(11)7-18(8-10(13)21)14-15(20(22)23)19-5-6-26-16(19)17-14/h3-6,10,21H,7-8H2,1-2H3/t10-/m1/s1. The summed E-state index contributed by atoms with van der Waals surface area (Å²) >= 11 is 1.32. The first-order chi connectivity index (χ1) is 12.5. The minimum Gasteiger partial charge on any atom is -0.496 e. The molecule has 4 rings (SSSR count). The van der Waals surface area contributed by atoms with Crippen LogP contribution in [-0.4, -0.2) is 40.2 Å². The zero-order valence-electron chi connectivity index (χ0n) is 14.1. The van der Waals surface area contributed by atoms with Gasteiger partial charge in [-0.05, 0) is 17.1 Å². The van der Waals surface area contributed by atoms with Gasteiger partial charge in [-0.15, -0.1) is 0 Å². The van der Waals surface area contributed by atoms with Gasteiger partial charge in [-0.25, -0.2) is 0 Å². The van der Waals surface area contributed by atoms with Crippen molar-refractivity contribution in [3.05, 3.63) is 45.0 Å². The monoisotopic (exact) mass is 376 g/mol. The van der Waals surface area contributed by atoms with Crippen LogP contribution in [0.15, 0.2) is 23.7 Å². The number of benzene rings is 1. The van der Waals surface area contributed by atoms with Crippen molar-refractivity contribution in [3.8, 4) is 11.5 Å². The van der Waals surface area contributed by atoms with Crippen molar-refractivity contribution in [2.24, 2.45) is 0 Å². The fourth-order valence-corrected chi connectivity index (χ4v) is 4.09. The maximum atomic E-state index is 11.6. The fourth-order valence-electron chi connectivity index (χ4n) is 3.38. The molecule has 1 atom stereocenters. The molecule has 0 saturated carbocycles. The summed E-state index contributed by atoms with van der Waals surface area (Å²) in [7, 11) is 3.08. The number of aromatic nitrogens is 2. The number of methoxy groups -OCH3 is 2. The van der Waals surface area contributed by atoms with Gasteiger partial charge in [0, 0.05) is 23.1 Å². The van der Waals surface area contributed by atoms with Crippen LogP contribution >= 0.6 is 11.3 Å². The lowest BCUT2D eigenvalue weighted by Gasteiger charge is -2.33. The number of β-amino-alcohol motifs (C(OH)–C–C–N with tert-alkyl or cyclic N) is 1. The number of nitro groups is 1. The normalized spacial score (nSPS) is 16.6. The average molecular weight is 376 g/mol. The van der Waals surface area contributed by atoms with Gasteiger partial charge in [0.15, 0.2) is 0 Å². The largest absolute Gasteiger partial charge is 0.496 e. The number of hydrogen-bond acceptors (Lipinski definition) is 8. The summed E-state index contributed by atoms with van der Waals surface area (Å²) in [6.07, 6.45) is 0.732. The van der Waals surface area contributed by atoms with Gasteiger partial charge in [-0.1, -0.05) is 11.3 Å². The number of imidazole rings is 1. The number of fused-ring (bicyclic) bond motifs is 2. The molecule has 1 aromatic carbocycles. The van der Waals surface area contributed by atoms with Crippen LogP contribution in [0.3, 0.4) is 0 Å². The zero-order chi connectivity index (χ0) is 18.4. The Morgan fingerprint density at radius 2 is 2.08 bits per heavy atom. The third-order valence-electron chi connectivity index (χ3n) is 4.48. The lowest BCUT2D eigenvalue weighted by atomic mass is 9.95. The minimum absolute atomic E-state index is 0.112. The highest BCUT2D eigenvalue weighted by Crippen LogP contribution is 2.42. The van der Waals surface area contributed by atoms with Crippen molar-refractivity contribution in [1.29, 1.82) is 0 Å². The maximum absolute atomic E-state index is 11.6. The van der Waals surface area contributed by atoms with Crippen LogP contribution in [0.4, 0.5) is 11.6 Å². The molecule has 2 aromatic heterocycles. The summed E-state index contributed by atoms with van der Waals surface area (Å²) < 4.78 is 12.2. The van der Waals surface area contributed by atoms with E-state index < -0.39 is 11.0 Å². The van der Waals surface area contributed by atoms with Gasteiger partial charge in [-0.2, -0.15) is 9.38 Å². The number of nitrogens with zero attached hydrogens (tertiary/aromatic N) is 4. The first-order valence-electron chi connectivity index (χ1n) is 7.81. The number of rotatable bonds is 4. The second-order valence-electron chi connectivity index (χ2n) is 5.83. The number of thiazole rings is 1. The van der Waals surface area contributed by atoms with Crippen LogP contribution in [0.5, 0.6) is 11.5 Å². The van der Waals surface area contributed by atoms with E-state index >= 15 is 0 Å². The summed E-state index contributed by atoms with van der Waals surface area (Å²) in [5, 5.41) is 24.0. The number of aliphatic hydroxyl groups excluding tert-OH is 1. The van der Waals surface area contributed by atoms with E-state index in [1.165, 1.54) is 22.8 Å². The van der Waals surface area contributed by atoms with Gasteiger partial charge in [0.2, 0.25) is 5.82 Å². The van der Waals surface area contributed by atoms with E-state index in [4.69, 9.17) is 9.47 Å². The molecule has 0 aliphatic carbocycles. The molecule has 9 nitrogen and oxygen atoms in total. The maximum Gasteiger partial charge on any atom is 0.373 e. The molecule has 1 N–H and O–H groups in total. The van der Waals surface area contributed by atoms with Crippen molar-refractivity contribution in [2.75, 3.05) is 25.7 Å². The molecule has 1 aliphatic rings. The van der Waals surface area contributed by atoms with Crippen LogP contribution in [0.1, 0.15) is 17.2 Å². The van der Waals surface area contributed by atoms with Crippen molar-refractivity contribution >= 4 is 27.9 Å². The molecule has 0 fully saturated rings. The molecular weight excluding hydrogens is 360 g/mol. The summed E-state index contributed by atoms with van der Waals surface area (Å²) in [5.41, 5.74) is 1.38. The Balaban J connectivity index is 1.84. The third kappa shape index (κ3) is 2.37. The molecule has 0 amide bonds. The molecule has 0 unspecified atom stereocenters. The lowest BCUT2D eigenvalue weighted by molar-refractivity contribution is -0.389. The van der Waals surface area contributed by atoms with Gasteiger partial charge in [0.05, 0.1) is 20.8 Å². The molecule has 136 valence electrons. The Morgan fingerprint density at radius 1 is 1.35 bits per heavy atom. The second-order valence-corrected chi connectivity index (χ2v) is 6.70. The van der Waals surface area contributed by atoms with Crippen LogP contribution in [0.25, 0.3) is 4.96 Å². The summed E-state index contributed by atoms with van der Waals surface area (Å²) in [5.74, 6) is 1.27. The highest BCUT2D eigenvalue weighted by atomic mass is 32.1. The van der Waals surface area contributed by atoms with Gasteiger partial charge in [0.25, 0.3) is 4.96 Å². The molecule has 0 bridgehead atoms. The van der Waals surface area contributed by atoms with Crippen LogP contribution < -0.4 is 14.4 Å². The van der Waals surface area contributed by atoms with Crippen molar-refractivity contribution < 1.29 is 19.5 Å². The Labute approximate surface area is 152 Å². The molecule has 1 aliphatic heterocycles. The molecule has 10 heteroatoms. The first-order valence-corrected chi connectivity index (χ1v) is 8.69. The molecular formula is C16H16N4O5S. The number of aliphatic hydroxyl groups is 1. The van der Waals surface area contributed by atoms with Gasteiger partial charge >= 0.3 is 5.82 Å². The van der Waals surface area contributed by atoms with E-state index in [1.54, 1.807) is 35.7 Å². The molecule has 0 spiro atoms. The topological polar surface area (TPSA) is 102 Å². The molecule has 3 aromatic rings. The number of ether oxygens (including phenoxy) is 2. The van der Waals surface area contributed by atoms with Crippen molar-refractivity contribution in [1.82, 2.24) is 9.38 Å². The molecule has 0 saturated heterocycles. The van der Waals surface area contributed by atoms with Crippen molar-refractivity contribution in [3.63, 3.8) is 0 Å². The molecule has 0 radical (unpaired) electrons.